The summed E-state index contributed by atoms with van der Waals surface area (Å²) in [6.45, 7) is 7.66. The van der Waals surface area contributed by atoms with E-state index < -0.39 is 0 Å². The van der Waals surface area contributed by atoms with Crippen molar-refractivity contribution >= 4 is 11.7 Å². The number of amides is 1. The van der Waals surface area contributed by atoms with Crippen molar-refractivity contribution in [3.8, 4) is 0 Å². The predicted molar refractivity (Wildman–Crippen MR) is 75.6 cm³/mol. The van der Waals surface area contributed by atoms with Crippen LogP contribution in [-0.4, -0.2) is 23.0 Å². The Kier molecular flexibility index (Phi) is 4.92. The molecule has 0 aliphatic rings. The fourth-order valence-electron chi connectivity index (χ4n) is 2.24. The van der Waals surface area contributed by atoms with Gasteiger partial charge < -0.3 is 16.3 Å². The summed E-state index contributed by atoms with van der Waals surface area (Å²) in [7, 11) is 0. The number of carbonyl (C=O) groups excluding carboxylic acids is 1. The van der Waals surface area contributed by atoms with Gasteiger partial charge in [-0.25, -0.2) is 0 Å². The molecular formula is C14H21N3O2. The van der Waals surface area contributed by atoms with Crippen molar-refractivity contribution in [2.24, 2.45) is 10.9 Å². The van der Waals surface area contributed by atoms with Crippen molar-refractivity contribution < 1.29 is 10.0 Å². The Morgan fingerprint density at radius 1 is 1.37 bits per heavy atom. The number of nitrogens with two attached hydrogens (primary N) is 1. The Labute approximate surface area is 113 Å². The quantitative estimate of drug-likeness (QED) is 0.335. The lowest BCUT2D eigenvalue weighted by atomic mass is 9.99. The Hall–Kier alpha value is -2.04. The molecule has 0 bridgehead atoms. The summed E-state index contributed by atoms with van der Waals surface area (Å²) in [6, 6.07) is 3.77. The summed E-state index contributed by atoms with van der Waals surface area (Å²) in [5, 5.41) is 14.3. The zero-order chi connectivity index (χ0) is 14.6. The highest BCUT2D eigenvalue weighted by Crippen LogP contribution is 2.16. The van der Waals surface area contributed by atoms with Gasteiger partial charge in [0.2, 0.25) is 0 Å². The Balaban J connectivity index is 2.85. The molecule has 0 saturated carbocycles. The van der Waals surface area contributed by atoms with Crippen LogP contribution in [0.25, 0.3) is 0 Å². The van der Waals surface area contributed by atoms with Crippen LogP contribution < -0.4 is 11.1 Å². The van der Waals surface area contributed by atoms with Crippen molar-refractivity contribution in [3.05, 3.63) is 34.4 Å². The molecule has 19 heavy (non-hydrogen) atoms. The van der Waals surface area contributed by atoms with Gasteiger partial charge in [-0.15, -0.1) is 0 Å². The van der Waals surface area contributed by atoms with E-state index in [4.69, 9.17) is 10.9 Å². The predicted octanol–water partition coefficient (Wildman–Crippen LogP) is 1.87. The van der Waals surface area contributed by atoms with Crippen LogP contribution in [0.2, 0.25) is 0 Å². The van der Waals surface area contributed by atoms with Gasteiger partial charge in [-0.3, -0.25) is 4.79 Å². The first-order valence-corrected chi connectivity index (χ1v) is 6.20. The zero-order valence-corrected chi connectivity index (χ0v) is 11.8. The molecule has 0 heterocycles. The molecule has 1 aromatic rings. The number of rotatable bonds is 4. The van der Waals surface area contributed by atoms with E-state index in [-0.39, 0.29) is 17.8 Å². The molecule has 0 aliphatic heterocycles. The average Bonchev–Trinajstić information content (AvgIpc) is 2.26. The monoisotopic (exact) mass is 263 g/mol. The maximum atomic E-state index is 12.2. The summed E-state index contributed by atoms with van der Waals surface area (Å²) >= 11 is 0. The molecule has 104 valence electrons. The van der Waals surface area contributed by atoms with Crippen LogP contribution in [0.15, 0.2) is 17.3 Å². The van der Waals surface area contributed by atoms with Gasteiger partial charge in [-0.1, -0.05) is 22.9 Å². The first-order chi connectivity index (χ1) is 8.85. The van der Waals surface area contributed by atoms with Crippen molar-refractivity contribution in [1.29, 1.82) is 0 Å². The second-order valence-corrected chi connectivity index (χ2v) is 4.94. The van der Waals surface area contributed by atoms with Gasteiger partial charge in [-0.05, 0) is 38.8 Å². The molecule has 5 heteroatoms. The highest BCUT2D eigenvalue weighted by Gasteiger charge is 2.15. The Morgan fingerprint density at radius 3 is 2.37 bits per heavy atom. The summed E-state index contributed by atoms with van der Waals surface area (Å²) in [4.78, 5) is 12.2. The zero-order valence-electron chi connectivity index (χ0n) is 11.8. The van der Waals surface area contributed by atoms with E-state index in [1.807, 2.05) is 39.8 Å². The highest BCUT2D eigenvalue weighted by atomic mass is 16.4. The molecule has 1 unspecified atom stereocenters. The topological polar surface area (TPSA) is 87.7 Å². The molecule has 1 rings (SSSR count). The number of hydrogen-bond acceptors (Lipinski definition) is 3. The molecule has 0 aromatic heterocycles. The Bertz CT molecular complexity index is 486. The second-order valence-electron chi connectivity index (χ2n) is 4.94. The summed E-state index contributed by atoms with van der Waals surface area (Å²) in [5.41, 5.74) is 9.14. The third-order valence-corrected chi connectivity index (χ3v) is 2.93. The minimum Gasteiger partial charge on any atom is -0.409 e. The summed E-state index contributed by atoms with van der Waals surface area (Å²) < 4.78 is 0. The third kappa shape index (κ3) is 3.98. The normalized spacial score (nSPS) is 13.2. The SMILES string of the molecule is Cc1cc(C)c(C(=O)NC(C)CC(N)=NO)c(C)c1. The lowest BCUT2D eigenvalue weighted by molar-refractivity contribution is 0.0940. The van der Waals surface area contributed by atoms with Gasteiger partial charge >= 0.3 is 0 Å². The maximum absolute atomic E-state index is 12.2. The molecule has 0 saturated heterocycles. The van der Waals surface area contributed by atoms with E-state index >= 15 is 0 Å². The van der Waals surface area contributed by atoms with E-state index in [9.17, 15) is 4.79 Å². The largest absolute Gasteiger partial charge is 0.409 e. The lowest BCUT2D eigenvalue weighted by Crippen LogP contribution is -2.36. The molecule has 0 spiro atoms. The van der Waals surface area contributed by atoms with Crippen LogP contribution in [0.1, 0.15) is 40.4 Å². The Morgan fingerprint density at radius 2 is 1.89 bits per heavy atom. The number of hydrogen-bond donors (Lipinski definition) is 3. The van der Waals surface area contributed by atoms with Crippen LogP contribution in [0.4, 0.5) is 0 Å². The van der Waals surface area contributed by atoms with E-state index in [0.717, 1.165) is 16.7 Å². The summed E-state index contributed by atoms with van der Waals surface area (Å²) in [6.07, 6.45) is 0.312. The summed E-state index contributed by atoms with van der Waals surface area (Å²) in [5.74, 6) is -0.0293. The lowest BCUT2D eigenvalue weighted by Gasteiger charge is -2.16. The van der Waals surface area contributed by atoms with E-state index in [0.29, 0.717) is 12.0 Å². The standard InChI is InChI=1S/C14H21N3O2/c1-8-5-9(2)13(10(3)6-8)14(18)16-11(4)7-12(15)17-19/h5-6,11,19H,7H2,1-4H3,(H2,15,17)(H,16,18). The first-order valence-electron chi connectivity index (χ1n) is 6.20. The average molecular weight is 263 g/mol. The third-order valence-electron chi connectivity index (χ3n) is 2.93. The van der Waals surface area contributed by atoms with Gasteiger partial charge in [-0.2, -0.15) is 0 Å². The second kappa shape index (κ2) is 6.22. The minimum atomic E-state index is -0.191. The maximum Gasteiger partial charge on any atom is 0.252 e. The molecule has 1 aromatic carbocycles. The van der Waals surface area contributed by atoms with Crippen LogP contribution >= 0.6 is 0 Å². The number of nitrogens with zero attached hydrogens (tertiary/aromatic N) is 1. The van der Waals surface area contributed by atoms with Crippen LogP contribution in [-0.2, 0) is 0 Å². The molecule has 0 radical (unpaired) electrons. The smallest absolute Gasteiger partial charge is 0.252 e. The molecule has 1 atom stereocenters. The van der Waals surface area contributed by atoms with Crippen molar-refractivity contribution in [2.75, 3.05) is 0 Å². The van der Waals surface area contributed by atoms with Gasteiger partial charge in [0.05, 0.1) is 0 Å². The number of benzene rings is 1. The minimum absolute atomic E-state index is 0.102. The first kappa shape index (κ1) is 15.0. The number of nitrogens with one attached hydrogen (secondary N) is 1. The van der Waals surface area contributed by atoms with Crippen LogP contribution in [0, 0.1) is 20.8 Å². The molecule has 5 nitrogen and oxygen atoms in total. The molecule has 0 aliphatic carbocycles. The highest BCUT2D eigenvalue weighted by molar-refractivity contribution is 5.97. The van der Waals surface area contributed by atoms with Crippen molar-refractivity contribution in [1.82, 2.24) is 5.32 Å². The van der Waals surface area contributed by atoms with Gasteiger partial charge in [0, 0.05) is 18.0 Å². The fraction of sp³-hybridized carbons (Fsp3) is 0.429. The number of oxime groups is 1. The number of carbonyl (C=O) groups is 1. The van der Waals surface area contributed by atoms with Crippen LogP contribution in [0.5, 0.6) is 0 Å². The number of aryl methyl sites for hydroxylation is 3. The molecular weight excluding hydrogens is 242 g/mol. The van der Waals surface area contributed by atoms with Gasteiger partial charge in [0.1, 0.15) is 5.84 Å². The molecule has 1 amide bonds. The van der Waals surface area contributed by atoms with Gasteiger partial charge in [0.15, 0.2) is 0 Å². The fourth-order valence-corrected chi connectivity index (χ4v) is 2.24. The van der Waals surface area contributed by atoms with E-state index in [1.165, 1.54) is 0 Å². The van der Waals surface area contributed by atoms with Crippen molar-refractivity contribution in [2.45, 2.75) is 40.2 Å². The molecule has 4 N–H and O–H groups in total. The van der Waals surface area contributed by atoms with Crippen LogP contribution in [0.3, 0.4) is 0 Å². The van der Waals surface area contributed by atoms with Gasteiger partial charge in [0.25, 0.3) is 5.91 Å². The van der Waals surface area contributed by atoms with E-state index in [2.05, 4.69) is 10.5 Å². The number of amidine groups is 1. The molecule has 0 fully saturated rings. The van der Waals surface area contributed by atoms with Crippen molar-refractivity contribution in [3.63, 3.8) is 0 Å². The van der Waals surface area contributed by atoms with E-state index in [1.54, 1.807) is 0 Å².